The van der Waals surface area contributed by atoms with Crippen molar-refractivity contribution in [3.63, 3.8) is 0 Å². The highest BCUT2D eigenvalue weighted by molar-refractivity contribution is 5.82. The second-order valence-corrected chi connectivity index (χ2v) is 4.75. The topological polar surface area (TPSA) is 3.01 Å². The third-order valence-corrected chi connectivity index (χ3v) is 3.42. The molecule has 0 bridgehead atoms. The van der Waals surface area contributed by atoms with Crippen molar-refractivity contribution < 1.29 is 4.58 Å². The van der Waals surface area contributed by atoms with Crippen LogP contribution in [0.15, 0.2) is 35.1 Å². The van der Waals surface area contributed by atoms with E-state index in [-0.39, 0.29) is 0 Å². The molecule has 0 fully saturated rings. The van der Waals surface area contributed by atoms with Crippen LogP contribution in [-0.2, 0) is 0 Å². The van der Waals surface area contributed by atoms with E-state index >= 15 is 0 Å². The fourth-order valence-electron chi connectivity index (χ4n) is 2.43. The second-order valence-electron chi connectivity index (χ2n) is 4.75. The van der Waals surface area contributed by atoms with E-state index in [0.29, 0.717) is 12.0 Å². The summed E-state index contributed by atoms with van der Waals surface area (Å²) >= 11 is 0. The first-order chi connectivity index (χ1) is 7.52. The number of nitrogens with zero attached hydrogens (tertiary/aromatic N) is 1. The fraction of sp³-hybridized carbons (Fsp3) is 0.533. The van der Waals surface area contributed by atoms with Crippen LogP contribution >= 0.6 is 0 Å². The first-order valence-electron chi connectivity index (χ1n) is 6.12. The third kappa shape index (κ3) is 2.34. The van der Waals surface area contributed by atoms with Crippen LogP contribution in [0.3, 0.4) is 0 Å². The van der Waals surface area contributed by atoms with E-state index in [0.717, 1.165) is 0 Å². The quantitative estimate of drug-likeness (QED) is 0.587. The minimum Gasteiger partial charge on any atom is -0.202 e. The van der Waals surface area contributed by atoms with E-state index in [1.165, 1.54) is 16.7 Å². The molecule has 1 aliphatic rings. The lowest BCUT2D eigenvalue weighted by atomic mass is 9.83. The smallest absolute Gasteiger partial charge is 0.176 e. The third-order valence-electron chi connectivity index (χ3n) is 3.42. The van der Waals surface area contributed by atoms with Crippen molar-refractivity contribution >= 4 is 6.21 Å². The summed E-state index contributed by atoms with van der Waals surface area (Å²) in [6, 6.07) is 0.532. The van der Waals surface area contributed by atoms with Gasteiger partial charge in [0.1, 0.15) is 0 Å². The van der Waals surface area contributed by atoms with Gasteiger partial charge in [-0.15, -0.1) is 0 Å². The van der Waals surface area contributed by atoms with Crippen molar-refractivity contribution in [2.24, 2.45) is 5.92 Å². The molecule has 0 amide bonds. The molecular formula is C15H24N+. The molecule has 1 nitrogen and oxygen atoms in total. The average molecular weight is 218 g/mol. The molecule has 2 unspecified atom stereocenters. The van der Waals surface area contributed by atoms with Crippen LogP contribution in [0.2, 0.25) is 0 Å². The van der Waals surface area contributed by atoms with Gasteiger partial charge in [0, 0.05) is 11.5 Å². The van der Waals surface area contributed by atoms with Crippen LogP contribution < -0.4 is 0 Å². The monoisotopic (exact) mass is 218 g/mol. The Morgan fingerprint density at radius 1 is 1.25 bits per heavy atom. The maximum Gasteiger partial charge on any atom is 0.176 e. The molecule has 16 heavy (non-hydrogen) atoms. The van der Waals surface area contributed by atoms with Gasteiger partial charge >= 0.3 is 0 Å². The van der Waals surface area contributed by atoms with Crippen LogP contribution in [0.25, 0.3) is 0 Å². The molecule has 1 heterocycles. The van der Waals surface area contributed by atoms with Crippen LogP contribution in [0.1, 0.15) is 41.5 Å². The number of hydrogen-bond donors (Lipinski definition) is 0. The van der Waals surface area contributed by atoms with Crippen molar-refractivity contribution in [3.05, 3.63) is 35.1 Å². The summed E-state index contributed by atoms with van der Waals surface area (Å²) < 4.78 is 2.31. The Kier molecular flexibility index (Phi) is 4.28. The highest BCUT2D eigenvalue weighted by atomic mass is 15.0. The lowest BCUT2D eigenvalue weighted by Crippen LogP contribution is -2.34. The fourth-order valence-corrected chi connectivity index (χ4v) is 2.43. The van der Waals surface area contributed by atoms with Gasteiger partial charge in [0.05, 0.1) is 0 Å². The zero-order valence-electron chi connectivity index (χ0n) is 11.4. The van der Waals surface area contributed by atoms with Gasteiger partial charge in [-0.3, -0.25) is 0 Å². The molecule has 1 heteroatoms. The van der Waals surface area contributed by atoms with Gasteiger partial charge in [0.2, 0.25) is 0 Å². The van der Waals surface area contributed by atoms with Gasteiger partial charge in [0.25, 0.3) is 0 Å². The Labute approximate surface area is 99.9 Å². The maximum absolute atomic E-state index is 2.32. The summed E-state index contributed by atoms with van der Waals surface area (Å²) in [6.07, 6.45) is 8.72. The SMILES string of the molecule is C/C=C\[N+]1=CC(=C/C)/C(=C(C)C)C(C)C1C. The zero-order chi connectivity index (χ0) is 12.3. The molecule has 0 aromatic carbocycles. The second kappa shape index (κ2) is 5.29. The van der Waals surface area contributed by atoms with Crippen LogP contribution in [-0.4, -0.2) is 16.8 Å². The molecule has 0 N–H and O–H groups in total. The molecule has 1 rings (SSSR count). The Bertz CT molecular complexity index is 376. The van der Waals surface area contributed by atoms with Gasteiger partial charge in [-0.05, 0) is 46.3 Å². The largest absolute Gasteiger partial charge is 0.202 e. The molecular weight excluding hydrogens is 194 g/mol. The molecule has 0 saturated carbocycles. The number of rotatable bonds is 1. The van der Waals surface area contributed by atoms with E-state index in [1.54, 1.807) is 0 Å². The van der Waals surface area contributed by atoms with Crippen molar-refractivity contribution in [3.8, 4) is 0 Å². The van der Waals surface area contributed by atoms with Crippen molar-refractivity contribution in [2.75, 3.05) is 0 Å². The first-order valence-corrected chi connectivity index (χ1v) is 6.12. The Morgan fingerprint density at radius 3 is 2.31 bits per heavy atom. The van der Waals surface area contributed by atoms with E-state index in [4.69, 9.17) is 0 Å². The molecule has 0 spiro atoms. The predicted molar refractivity (Wildman–Crippen MR) is 71.9 cm³/mol. The van der Waals surface area contributed by atoms with Crippen LogP contribution in [0, 0.1) is 5.92 Å². The number of allylic oxidation sites excluding steroid dienone is 4. The lowest BCUT2D eigenvalue weighted by molar-refractivity contribution is -0.501. The molecule has 0 saturated heterocycles. The minimum absolute atomic E-state index is 0.532. The maximum atomic E-state index is 2.32. The minimum atomic E-state index is 0.532. The van der Waals surface area contributed by atoms with Gasteiger partial charge in [0.15, 0.2) is 18.5 Å². The predicted octanol–water partition coefficient (Wildman–Crippen LogP) is 3.92. The summed E-state index contributed by atoms with van der Waals surface area (Å²) in [6.45, 7) is 13.2. The summed E-state index contributed by atoms with van der Waals surface area (Å²) in [4.78, 5) is 0. The van der Waals surface area contributed by atoms with Gasteiger partial charge in [-0.1, -0.05) is 18.6 Å². The average Bonchev–Trinajstić information content (AvgIpc) is 2.24. The Hall–Kier alpha value is -1.11. The summed E-state index contributed by atoms with van der Waals surface area (Å²) in [5.74, 6) is 0.581. The summed E-state index contributed by atoms with van der Waals surface area (Å²) in [5, 5.41) is 0. The van der Waals surface area contributed by atoms with Crippen LogP contribution in [0.5, 0.6) is 0 Å². The van der Waals surface area contributed by atoms with Gasteiger partial charge in [-0.2, -0.15) is 0 Å². The molecule has 1 aliphatic heterocycles. The van der Waals surface area contributed by atoms with E-state index in [9.17, 15) is 0 Å². The van der Waals surface area contributed by atoms with Gasteiger partial charge < -0.3 is 0 Å². The highest BCUT2D eigenvalue weighted by Gasteiger charge is 2.32. The first kappa shape index (κ1) is 13.0. The summed E-state index contributed by atoms with van der Waals surface area (Å²) in [7, 11) is 0. The lowest BCUT2D eigenvalue weighted by Gasteiger charge is -2.26. The molecule has 0 aliphatic carbocycles. The molecule has 2 atom stereocenters. The number of hydrogen-bond acceptors (Lipinski definition) is 0. The van der Waals surface area contributed by atoms with Crippen molar-refractivity contribution in [1.29, 1.82) is 0 Å². The highest BCUT2D eigenvalue weighted by Crippen LogP contribution is 2.30. The standard InChI is InChI=1S/C15H24N/c1-7-9-16-10-14(8-2)15(11(3)4)12(5)13(16)6/h7-10,12-13H,1-6H3/q+1/b9-7-,14-8-. The molecule has 0 aromatic rings. The van der Waals surface area contributed by atoms with E-state index in [2.05, 4.69) is 70.7 Å². The van der Waals surface area contributed by atoms with Crippen molar-refractivity contribution in [2.45, 2.75) is 47.6 Å². The molecule has 0 radical (unpaired) electrons. The van der Waals surface area contributed by atoms with E-state index < -0.39 is 0 Å². The zero-order valence-corrected chi connectivity index (χ0v) is 11.4. The Balaban J connectivity index is 3.31. The summed E-state index contributed by atoms with van der Waals surface area (Å²) in [5.41, 5.74) is 4.31. The molecule has 0 aromatic heterocycles. The molecule has 88 valence electrons. The van der Waals surface area contributed by atoms with Crippen LogP contribution in [0.4, 0.5) is 0 Å². The van der Waals surface area contributed by atoms with Gasteiger partial charge in [-0.25, -0.2) is 4.58 Å². The van der Waals surface area contributed by atoms with Crippen molar-refractivity contribution in [1.82, 2.24) is 0 Å². The van der Waals surface area contributed by atoms with E-state index in [1.807, 2.05) is 0 Å². The normalized spacial score (nSPS) is 28.8. The Morgan fingerprint density at radius 2 is 1.88 bits per heavy atom.